The summed E-state index contributed by atoms with van der Waals surface area (Å²) in [5.41, 5.74) is 8.46. The Labute approximate surface area is 120 Å². The molecule has 1 aromatic rings. The Morgan fingerprint density at radius 1 is 1.47 bits per heavy atom. The number of thioether (sulfide) groups is 1. The molecule has 0 bridgehead atoms. The molecule has 1 heterocycles. The Morgan fingerprint density at radius 3 is 2.95 bits per heavy atom. The van der Waals surface area contributed by atoms with Crippen molar-refractivity contribution in [1.82, 2.24) is 0 Å². The lowest BCUT2D eigenvalue weighted by atomic mass is 10.1. The minimum absolute atomic E-state index is 0.373. The lowest BCUT2D eigenvalue weighted by Gasteiger charge is -2.26. The molecule has 1 fully saturated rings. The molecule has 1 unspecified atom stereocenters. The summed E-state index contributed by atoms with van der Waals surface area (Å²) < 4.78 is 5.72. The molecule has 106 valence electrons. The van der Waals surface area contributed by atoms with Crippen LogP contribution in [0.5, 0.6) is 0 Å². The molecular weight excluding hydrogens is 256 g/mol. The fraction of sp³-hybridized carbons (Fsp3) is 0.600. The lowest BCUT2D eigenvalue weighted by Crippen LogP contribution is -2.29. The summed E-state index contributed by atoms with van der Waals surface area (Å²) in [5, 5.41) is 0. The first-order valence-corrected chi connectivity index (χ1v) is 8.02. The van der Waals surface area contributed by atoms with Crippen molar-refractivity contribution in [3.8, 4) is 0 Å². The zero-order valence-electron chi connectivity index (χ0n) is 11.9. The van der Waals surface area contributed by atoms with Crippen molar-refractivity contribution < 1.29 is 4.74 Å². The predicted molar refractivity (Wildman–Crippen MR) is 83.0 cm³/mol. The molecule has 1 aromatic carbocycles. The van der Waals surface area contributed by atoms with Gasteiger partial charge in [-0.2, -0.15) is 0 Å². The van der Waals surface area contributed by atoms with Gasteiger partial charge in [0.15, 0.2) is 0 Å². The molecule has 0 amide bonds. The topological polar surface area (TPSA) is 38.5 Å². The van der Waals surface area contributed by atoms with Crippen LogP contribution in [-0.2, 0) is 11.3 Å². The zero-order valence-corrected chi connectivity index (χ0v) is 12.7. The molecule has 1 atom stereocenters. The predicted octanol–water partition coefficient (Wildman–Crippen LogP) is 2.87. The molecule has 0 spiro atoms. The van der Waals surface area contributed by atoms with Gasteiger partial charge in [0.2, 0.25) is 0 Å². The van der Waals surface area contributed by atoms with Crippen LogP contribution < -0.4 is 10.6 Å². The van der Waals surface area contributed by atoms with E-state index in [1.54, 1.807) is 0 Å². The van der Waals surface area contributed by atoms with Gasteiger partial charge in [-0.05, 0) is 30.7 Å². The zero-order chi connectivity index (χ0) is 13.7. The van der Waals surface area contributed by atoms with Crippen LogP contribution in [0.2, 0.25) is 0 Å². The van der Waals surface area contributed by atoms with Crippen molar-refractivity contribution in [2.24, 2.45) is 5.73 Å². The number of nitrogens with zero attached hydrogens (tertiary/aromatic N) is 1. The monoisotopic (exact) mass is 280 g/mol. The molecular formula is C15H24N2OS. The van der Waals surface area contributed by atoms with Gasteiger partial charge in [-0.25, -0.2) is 0 Å². The largest absolute Gasteiger partial charge is 0.376 e. The molecule has 0 aromatic heterocycles. The number of ether oxygens (including phenoxy) is 1. The SMILES string of the molecule is CCSc1cccc(N(C)CC2CCCO2)c1CN. The van der Waals surface area contributed by atoms with Gasteiger partial charge in [-0.1, -0.05) is 13.0 Å². The van der Waals surface area contributed by atoms with E-state index in [0.29, 0.717) is 12.6 Å². The average Bonchev–Trinajstić information content (AvgIpc) is 2.91. The van der Waals surface area contributed by atoms with Crippen LogP contribution in [-0.4, -0.2) is 32.1 Å². The van der Waals surface area contributed by atoms with Crippen molar-refractivity contribution >= 4 is 17.4 Å². The lowest BCUT2D eigenvalue weighted by molar-refractivity contribution is 0.116. The summed E-state index contributed by atoms with van der Waals surface area (Å²) in [7, 11) is 2.14. The number of nitrogens with two attached hydrogens (primary N) is 1. The van der Waals surface area contributed by atoms with Crippen LogP contribution in [0.25, 0.3) is 0 Å². The van der Waals surface area contributed by atoms with Crippen molar-refractivity contribution in [2.45, 2.75) is 37.3 Å². The van der Waals surface area contributed by atoms with Crippen molar-refractivity contribution in [1.29, 1.82) is 0 Å². The second-order valence-electron chi connectivity index (χ2n) is 4.91. The minimum Gasteiger partial charge on any atom is -0.376 e. The Bertz CT molecular complexity index is 405. The third-order valence-corrected chi connectivity index (χ3v) is 4.51. The first-order chi connectivity index (χ1) is 9.26. The third kappa shape index (κ3) is 3.65. The molecule has 19 heavy (non-hydrogen) atoms. The number of rotatable bonds is 6. The Balaban J connectivity index is 2.14. The van der Waals surface area contributed by atoms with E-state index in [1.165, 1.54) is 29.0 Å². The van der Waals surface area contributed by atoms with Crippen LogP contribution in [0, 0.1) is 0 Å². The maximum Gasteiger partial charge on any atom is 0.0750 e. The first kappa shape index (κ1) is 14.7. The van der Waals surface area contributed by atoms with E-state index in [4.69, 9.17) is 10.5 Å². The van der Waals surface area contributed by atoms with E-state index in [1.807, 2.05) is 11.8 Å². The van der Waals surface area contributed by atoms with Crippen LogP contribution in [0.1, 0.15) is 25.3 Å². The quantitative estimate of drug-likeness (QED) is 0.813. The molecule has 0 radical (unpaired) electrons. The molecule has 2 N–H and O–H groups in total. The number of anilines is 1. The standard InChI is InChI=1S/C15H24N2OS/c1-3-19-15-8-4-7-14(13(15)10-16)17(2)11-12-6-5-9-18-12/h4,7-8,12H,3,5-6,9-11,16H2,1-2H3. The second-order valence-corrected chi connectivity index (χ2v) is 6.21. The van der Waals surface area contributed by atoms with E-state index < -0.39 is 0 Å². The fourth-order valence-corrected chi connectivity index (χ4v) is 3.45. The van der Waals surface area contributed by atoms with Crippen LogP contribution in [0.3, 0.4) is 0 Å². The van der Waals surface area contributed by atoms with E-state index in [9.17, 15) is 0 Å². The molecule has 0 aliphatic carbocycles. The highest BCUT2D eigenvalue weighted by atomic mass is 32.2. The maximum atomic E-state index is 5.96. The molecule has 0 saturated carbocycles. The van der Waals surface area contributed by atoms with Gasteiger partial charge in [0.05, 0.1) is 6.10 Å². The number of benzene rings is 1. The second kappa shape index (κ2) is 7.17. The Hall–Kier alpha value is -0.710. The van der Waals surface area contributed by atoms with Crippen molar-refractivity contribution in [3.63, 3.8) is 0 Å². The van der Waals surface area contributed by atoms with Crippen molar-refractivity contribution in [3.05, 3.63) is 23.8 Å². The Kier molecular flexibility index (Phi) is 5.55. The minimum atomic E-state index is 0.373. The summed E-state index contributed by atoms with van der Waals surface area (Å²) in [6.07, 6.45) is 2.73. The highest BCUT2D eigenvalue weighted by Gasteiger charge is 2.19. The highest BCUT2D eigenvalue weighted by molar-refractivity contribution is 7.99. The number of likely N-dealkylation sites (N-methyl/N-ethyl adjacent to an activating group) is 1. The molecule has 1 saturated heterocycles. The van der Waals surface area contributed by atoms with Gasteiger partial charge >= 0.3 is 0 Å². The first-order valence-electron chi connectivity index (χ1n) is 7.03. The van der Waals surface area contributed by atoms with Gasteiger partial charge in [0.1, 0.15) is 0 Å². The summed E-state index contributed by atoms with van der Waals surface area (Å²) in [6, 6.07) is 6.45. The van der Waals surface area contributed by atoms with E-state index >= 15 is 0 Å². The molecule has 3 nitrogen and oxygen atoms in total. The Morgan fingerprint density at radius 2 is 2.32 bits per heavy atom. The number of hydrogen-bond donors (Lipinski definition) is 1. The van der Waals surface area contributed by atoms with E-state index in [2.05, 4.69) is 37.1 Å². The van der Waals surface area contributed by atoms with Crippen LogP contribution >= 0.6 is 11.8 Å². The van der Waals surface area contributed by atoms with Gasteiger partial charge in [0, 0.05) is 42.9 Å². The fourth-order valence-electron chi connectivity index (χ4n) is 2.60. The van der Waals surface area contributed by atoms with E-state index in [-0.39, 0.29) is 0 Å². The normalized spacial score (nSPS) is 18.8. The highest BCUT2D eigenvalue weighted by Crippen LogP contribution is 2.30. The molecule has 1 aliphatic heterocycles. The number of hydrogen-bond acceptors (Lipinski definition) is 4. The van der Waals surface area contributed by atoms with Crippen molar-refractivity contribution in [2.75, 3.05) is 30.9 Å². The molecule has 1 aliphatic rings. The third-order valence-electron chi connectivity index (χ3n) is 3.53. The molecule has 4 heteroatoms. The maximum absolute atomic E-state index is 5.96. The van der Waals surface area contributed by atoms with Crippen LogP contribution in [0.15, 0.2) is 23.1 Å². The van der Waals surface area contributed by atoms with Gasteiger partial charge in [0.25, 0.3) is 0 Å². The van der Waals surface area contributed by atoms with Gasteiger partial charge in [-0.15, -0.1) is 11.8 Å². The van der Waals surface area contributed by atoms with Gasteiger partial charge in [-0.3, -0.25) is 0 Å². The summed E-state index contributed by atoms with van der Waals surface area (Å²) >= 11 is 1.86. The van der Waals surface area contributed by atoms with Gasteiger partial charge < -0.3 is 15.4 Å². The summed E-state index contributed by atoms with van der Waals surface area (Å²) in [4.78, 5) is 3.60. The van der Waals surface area contributed by atoms with Crippen LogP contribution in [0.4, 0.5) is 5.69 Å². The van der Waals surface area contributed by atoms with E-state index in [0.717, 1.165) is 18.9 Å². The summed E-state index contributed by atoms with van der Waals surface area (Å²) in [5.74, 6) is 1.08. The smallest absolute Gasteiger partial charge is 0.0750 e. The molecule has 2 rings (SSSR count). The summed E-state index contributed by atoms with van der Waals surface area (Å²) in [6.45, 7) is 4.63. The average molecular weight is 280 g/mol.